The Bertz CT molecular complexity index is 721. The number of nitrogens with zero attached hydrogens (tertiary/aromatic N) is 2. The number of nitrogens with one attached hydrogen (secondary N) is 1. The SMILES string of the molecule is CO/N=C(/CCC(=O)NCc1cccnc1)c1ccc(Cl)c(Cl)c1. The van der Waals surface area contributed by atoms with Crippen molar-refractivity contribution in [1.82, 2.24) is 10.3 Å². The molecule has 1 aromatic carbocycles. The molecule has 7 heteroatoms. The van der Waals surface area contributed by atoms with E-state index in [-0.39, 0.29) is 12.3 Å². The molecule has 2 aromatic rings. The van der Waals surface area contributed by atoms with Crippen LogP contribution in [0.2, 0.25) is 10.0 Å². The maximum Gasteiger partial charge on any atom is 0.220 e. The van der Waals surface area contributed by atoms with Crippen LogP contribution in [-0.4, -0.2) is 23.7 Å². The van der Waals surface area contributed by atoms with Crippen LogP contribution in [0.3, 0.4) is 0 Å². The third-order valence-electron chi connectivity index (χ3n) is 3.26. The largest absolute Gasteiger partial charge is 0.399 e. The van der Waals surface area contributed by atoms with Crippen molar-refractivity contribution in [1.29, 1.82) is 0 Å². The molecule has 126 valence electrons. The van der Waals surface area contributed by atoms with Gasteiger partial charge in [-0.3, -0.25) is 9.78 Å². The van der Waals surface area contributed by atoms with Crippen LogP contribution in [0.1, 0.15) is 24.0 Å². The number of aromatic nitrogens is 1. The van der Waals surface area contributed by atoms with Gasteiger partial charge in [-0.2, -0.15) is 0 Å². The monoisotopic (exact) mass is 365 g/mol. The van der Waals surface area contributed by atoms with Crippen LogP contribution in [0.5, 0.6) is 0 Å². The lowest BCUT2D eigenvalue weighted by Gasteiger charge is -2.08. The fraction of sp³-hybridized carbons (Fsp3) is 0.235. The van der Waals surface area contributed by atoms with Crippen molar-refractivity contribution in [3.8, 4) is 0 Å². The number of benzene rings is 1. The predicted octanol–water partition coefficient (Wildman–Crippen LogP) is 3.84. The molecule has 5 nitrogen and oxygen atoms in total. The number of halogens is 2. The molecule has 0 saturated carbocycles. The number of hydrogen-bond acceptors (Lipinski definition) is 4. The smallest absolute Gasteiger partial charge is 0.220 e. The first-order valence-corrected chi connectivity index (χ1v) is 8.07. The summed E-state index contributed by atoms with van der Waals surface area (Å²) in [5.74, 6) is -0.0808. The van der Waals surface area contributed by atoms with Gasteiger partial charge in [-0.05, 0) is 23.8 Å². The summed E-state index contributed by atoms with van der Waals surface area (Å²) in [5.41, 5.74) is 2.35. The van der Waals surface area contributed by atoms with E-state index in [0.717, 1.165) is 11.1 Å². The number of carbonyl (C=O) groups is 1. The topological polar surface area (TPSA) is 63.6 Å². The maximum atomic E-state index is 12.0. The number of carbonyl (C=O) groups excluding carboxylic acids is 1. The summed E-state index contributed by atoms with van der Waals surface area (Å²) in [4.78, 5) is 20.9. The van der Waals surface area contributed by atoms with Crippen LogP contribution in [0.25, 0.3) is 0 Å². The molecule has 0 radical (unpaired) electrons. The second-order valence-corrected chi connectivity index (χ2v) is 5.80. The zero-order valence-electron chi connectivity index (χ0n) is 13.1. The molecule has 0 aliphatic heterocycles. The van der Waals surface area contributed by atoms with Crippen LogP contribution in [-0.2, 0) is 16.2 Å². The number of hydrogen-bond donors (Lipinski definition) is 1. The van der Waals surface area contributed by atoms with Gasteiger partial charge in [0.15, 0.2) is 0 Å². The Morgan fingerprint density at radius 2 is 2.08 bits per heavy atom. The van der Waals surface area contributed by atoms with Crippen molar-refractivity contribution in [2.24, 2.45) is 5.16 Å². The molecule has 1 aromatic heterocycles. The molecule has 1 amide bonds. The van der Waals surface area contributed by atoms with Crippen LogP contribution in [0.15, 0.2) is 47.9 Å². The third-order valence-corrected chi connectivity index (χ3v) is 3.99. The molecule has 0 saturated heterocycles. The molecule has 24 heavy (non-hydrogen) atoms. The number of pyridine rings is 1. The first kappa shape index (κ1) is 18.2. The Kier molecular flexibility index (Phi) is 7.03. The van der Waals surface area contributed by atoms with Crippen molar-refractivity contribution in [2.75, 3.05) is 7.11 Å². The van der Waals surface area contributed by atoms with Crippen molar-refractivity contribution < 1.29 is 9.63 Å². The van der Waals surface area contributed by atoms with Crippen molar-refractivity contribution in [3.63, 3.8) is 0 Å². The predicted molar refractivity (Wildman–Crippen MR) is 95.3 cm³/mol. The summed E-state index contributed by atoms with van der Waals surface area (Å²) >= 11 is 11.9. The van der Waals surface area contributed by atoms with E-state index in [4.69, 9.17) is 28.0 Å². The first-order valence-electron chi connectivity index (χ1n) is 7.31. The van der Waals surface area contributed by atoms with Crippen LogP contribution >= 0.6 is 23.2 Å². The molecule has 0 fully saturated rings. The average Bonchev–Trinajstić information content (AvgIpc) is 2.60. The van der Waals surface area contributed by atoms with Crippen LogP contribution in [0, 0.1) is 0 Å². The van der Waals surface area contributed by atoms with E-state index in [1.54, 1.807) is 30.6 Å². The molecule has 0 aliphatic rings. The minimum atomic E-state index is -0.0808. The standard InChI is InChI=1S/C17H17Cl2N3O2/c1-24-22-16(13-4-5-14(18)15(19)9-13)6-7-17(23)21-11-12-3-2-8-20-10-12/h2-5,8-10H,6-7,11H2,1H3,(H,21,23)/b22-16-. The lowest BCUT2D eigenvalue weighted by atomic mass is 10.1. The van der Waals surface area contributed by atoms with Gasteiger partial charge in [0.1, 0.15) is 7.11 Å². The highest BCUT2D eigenvalue weighted by Gasteiger charge is 2.10. The Balaban J connectivity index is 1.92. The Morgan fingerprint density at radius 1 is 1.25 bits per heavy atom. The Morgan fingerprint density at radius 3 is 2.75 bits per heavy atom. The van der Waals surface area contributed by atoms with Gasteiger partial charge in [0, 0.05) is 37.3 Å². The lowest BCUT2D eigenvalue weighted by Crippen LogP contribution is -2.23. The molecular weight excluding hydrogens is 349 g/mol. The lowest BCUT2D eigenvalue weighted by molar-refractivity contribution is -0.121. The van der Waals surface area contributed by atoms with E-state index in [9.17, 15) is 4.79 Å². The summed E-state index contributed by atoms with van der Waals surface area (Å²) in [7, 11) is 1.46. The fourth-order valence-electron chi connectivity index (χ4n) is 2.05. The van der Waals surface area contributed by atoms with Gasteiger partial charge in [0.2, 0.25) is 5.91 Å². The Labute approximate surface area is 150 Å². The summed E-state index contributed by atoms with van der Waals surface area (Å²) in [6.45, 7) is 0.441. The second-order valence-electron chi connectivity index (χ2n) is 4.99. The Hall–Kier alpha value is -2.11. The molecule has 0 atom stereocenters. The zero-order valence-corrected chi connectivity index (χ0v) is 14.6. The molecule has 0 unspecified atom stereocenters. The summed E-state index contributed by atoms with van der Waals surface area (Å²) in [6.07, 6.45) is 4.11. The van der Waals surface area contributed by atoms with Gasteiger partial charge in [-0.1, -0.05) is 40.5 Å². The van der Waals surface area contributed by atoms with E-state index >= 15 is 0 Å². The minimum Gasteiger partial charge on any atom is -0.399 e. The van der Waals surface area contributed by atoms with Crippen molar-refractivity contribution in [2.45, 2.75) is 19.4 Å². The van der Waals surface area contributed by atoms with Gasteiger partial charge in [0.25, 0.3) is 0 Å². The summed E-state index contributed by atoms with van der Waals surface area (Å²) in [6, 6.07) is 8.91. The molecule has 1 heterocycles. The van der Waals surface area contributed by atoms with E-state index < -0.39 is 0 Å². The van der Waals surface area contributed by atoms with Gasteiger partial charge in [-0.25, -0.2) is 0 Å². The first-order chi connectivity index (χ1) is 11.6. The van der Waals surface area contributed by atoms with Crippen molar-refractivity contribution in [3.05, 3.63) is 63.9 Å². The van der Waals surface area contributed by atoms with E-state index in [0.29, 0.717) is 28.7 Å². The highest BCUT2D eigenvalue weighted by molar-refractivity contribution is 6.42. The average molecular weight is 366 g/mol. The van der Waals surface area contributed by atoms with E-state index in [1.165, 1.54) is 7.11 Å². The van der Waals surface area contributed by atoms with Crippen molar-refractivity contribution >= 4 is 34.8 Å². The summed E-state index contributed by atoms with van der Waals surface area (Å²) < 4.78 is 0. The second kappa shape index (κ2) is 9.25. The van der Waals surface area contributed by atoms with Gasteiger partial charge >= 0.3 is 0 Å². The fourth-order valence-corrected chi connectivity index (χ4v) is 2.35. The van der Waals surface area contributed by atoms with Crippen LogP contribution < -0.4 is 5.32 Å². The van der Waals surface area contributed by atoms with Gasteiger partial charge in [-0.15, -0.1) is 0 Å². The maximum absolute atomic E-state index is 12.0. The van der Waals surface area contributed by atoms with E-state index in [1.807, 2.05) is 12.1 Å². The van der Waals surface area contributed by atoms with Crippen LogP contribution in [0.4, 0.5) is 0 Å². The summed E-state index contributed by atoms with van der Waals surface area (Å²) in [5, 5.41) is 7.72. The molecular formula is C17H17Cl2N3O2. The highest BCUT2D eigenvalue weighted by atomic mass is 35.5. The zero-order chi connectivity index (χ0) is 17.4. The number of amides is 1. The quantitative estimate of drug-likeness (QED) is 0.598. The number of rotatable bonds is 7. The van der Waals surface area contributed by atoms with E-state index in [2.05, 4.69) is 15.5 Å². The molecule has 0 spiro atoms. The third kappa shape index (κ3) is 5.51. The number of oxime groups is 1. The van der Waals surface area contributed by atoms with Gasteiger partial charge in [0.05, 0.1) is 15.8 Å². The molecule has 0 bridgehead atoms. The molecule has 1 N–H and O–H groups in total. The molecule has 0 aliphatic carbocycles. The minimum absolute atomic E-state index is 0.0808. The normalized spacial score (nSPS) is 11.2. The van der Waals surface area contributed by atoms with Gasteiger partial charge < -0.3 is 10.2 Å². The highest BCUT2D eigenvalue weighted by Crippen LogP contribution is 2.23. The molecule has 2 rings (SSSR count).